The van der Waals surface area contributed by atoms with Crippen molar-refractivity contribution in [2.45, 2.75) is 50.7 Å². The summed E-state index contributed by atoms with van der Waals surface area (Å²) < 4.78 is 11.6. The first kappa shape index (κ1) is 13.1. The number of aromatic nitrogens is 1. The van der Waals surface area contributed by atoms with Gasteiger partial charge in [0.05, 0.1) is 6.61 Å². The highest BCUT2D eigenvalue weighted by Crippen LogP contribution is 2.38. The molecule has 1 aliphatic heterocycles. The zero-order valence-electron chi connectivity index (χ0n) is 11.5. The molecule has 3 nitrogen and oxygen atoms in total. The smallest absolute Gasteiger partial charge is 0.157 e. The van der Waals surface area contributed by atoms with E-state index in [9.17, 15) is 0 Å². The minimum atomic E-state index is 0.0131. The second kappa shape index (κ2) is 6.49. The van der Waals surface area contributed by atoms with Crippen LogP contribution in [0.15, 0.2) is 24.4 Å². The van der Waals surface area contributed by atoms with Gasteiger partial charge in [0.25, 0.3) is 0 Å². The highest BCUT2D eigenvalue weighted by atomic mass is 16.7. The van der Waals surface area contributed by atoms with Crippen LogP contribution in [0.2, 0.25) is 0 Å². The predicted octanol–water partition coefficient (Wildman–Crippen LogP) is 3.51. The molecule has 1 saturated carbocycles. The van der Waals surface area contributed by atoms with Gasteiger partial charge in [-0.2, -0.15) is 0 Å². The molecule has 2 aliphatic rings. The Labute approximate surface area is 115 Å². The lowest BCUT2D eigenvalue weighted by molar-refractivity contribution is -0.165. The maximum absolute atomic E-state index is 5.97. The molecule has 0 radical (unpaired) electrons. The molecule has 2 atom stereocenters. The quantitative estimate of drug-likeness (QED) is 0.785. The maximum Gasteiger partial charge on any atom is 0.157 e. The van der Waals surface area contributed by atoms with Crippen LogP contribution in [-0.2, 0) is 9.47 Å². The SMILES string of the molecule is c1ccc(C(COC2CCCCO2)CC2CC2)nc1. The van der Waals surface area contributed by atoms with Crippen molar-refractivity contribution in [3.8, 4) is 0 Å². The van der Waals surface area contributed by atoms with Crippen molar-refractivity contribution >= 4 is 0 Å². The highest BCUT2D eigenvalue weighted by Gasteiger charge is 2.28. The number of hydrogen-bond acceptors (Lipinski definition) is 3. The summed E-state index contributed by atoms with van der Waals surface area (Å²) in [6, 6.07) is 6.17. The van der Waals surface area contributed by atoms with Gasteiger partial charge in [0.1, 0.15) is 0 Å². The third-order valence-electron chi connectivity index (χ3n) is 4.04. The van der Waals surface area contributed by atoms with E-state index in [1.165, 1.54) is 37.8 Å². The Hall–Kier alpha value is -0.930. The van der Waals surface area contributed by atoms with Gasteiger partial charge in [0.2, 0.25) is 0 Å². The molecule has 1 saturated heterocycles. The third-order valence-corrected chi connectivity index (χ3v) is 4.04. The Morgan fingerprint density at radius 1 is 1.26 bits per heavy atom. The largest absolute Gasteiger partial charge is 0.353 e. The highest BCUT2D eigenvalue weighted by molar-refractivity contribution is 5.10. The predicted molar refractivity (Wildman–Crippen MR) is 73.9 cm³/mol. The summed E-state index contributed by atoms with van der Waals surface area (Å²) >= 11 is 0. The Morgan fingerprint density at radius 2 is 2.21 bits per heavy atom. The minimum Gasteiger partial charge on any atom is -0.353 e. The van der Waals surface area contributed by atoms with E-state index in [4.69, 9.17) is 9.47 Å². The number of pyridine rings is 1. The molecular weight excluding hydrogens is 238 g/mol. The second-order valence-corrected chi connectivity index (χ2v) is 5.76. The van der Waals surface area contributed by atoms with Crippen LogP contribution in [0, 0.1) is 5.92 Å². The van der Waals surface area contributed by atoms with Gasteiger partial charge in [0, 0.05) is 24.4 Å². The molecule has 2 heterocycles. The molecule has 2 fully saturated rings. The number of rotatable bonds is 6. The molecule has 19 heavy (non-hydrogen) atoms. The topological polar surface area (TPSA) is 31.4 Å². The maximum atomic E-state index is 5.97. The van der Waals surface area contributed by atoms with Crippen molar-refractivity contribution < 1.29 is 9.47 Å². The van der Waals surface area contributed by atoms with Crippen LogP contribution in [0.25, 0.3) is 0 Å². The zero-order chi connectivity index (χ0) is 12.9. The van der Waals surface area contributed by atoms with Crippen LogP contribution in [0.1, 0.15) is 50.1 Å². The summed E-state index contributed by atoms with van der Waals surface area (Å²) in [6.45, 7) is 1.60. The average Bonchev–Trinajstić information content (AvgIpc) is 3.29. The van der Waals surface area contributed by atoms with E-state index < -0.39 is 0 Å². The Kier molecular flexibility index (Phi) is 4.46. The lowest BCUT2D eigenvalue weighted by Gasteiger charge is -2.25. The molecule has 0 N–H and O–H groups in total. The fraction of sp³-hybridized carbons (Fsp3) is 0.688. The molecule has 3 heteroatoms. The number of nitrogens with zero attached hydrogens (tertiary/aromatic N) is 1. The zero-order valence-corrected chi connectivity index (χ0v) is 11.5. The molecule has 1 aromatic heterocycles. The fourth-order valence-electron chi connectivity index (χ4n) is 2.71. The fourth-order valence-corrected chi connectivity index (χ4v) is 2.71. The van der Waals surface area contributed by atoms with Gasteiger partial charge in [-0.3, -0.25) is 4.98 Å². The van der Waals surface area contributed by atoms with Crippen LogP contribution in [0.4, 0.5) is 0 Å². The van der Waals surface area contributed by atoms with Crippen molar-refractivity contribution in [2.75, 3.05) is 13.2 Å². The van der Waals surface area contributed by atoms with Crippen LogP contribution in [-0.4, -0.2) is 24.5 Å². The molecule has 3 rings (SSSR count). The molecule has 0 amide bonds. The first-order valence-electron chi connectivity index (χ1n) is 7.56. The molecular formula is C16H23NO2. The van der Waals surface area contributed by atoms with E-state index in [-0.39, 0.29) is 6.29 Å². The monoisotopic (exact) mass is 261 g/mol. The summed E-state index contributed by atoms with van der Waals surface area (Å²) in [4.78, 5) is 4.50. The van der Waals surface area contributed by atoms with E-state index in [1.54, 1.807) is 0 Å². The lowest BCUT2D eigenvalue weighted by atomic mass is 9.99. The number of hydrogen-bond donors (Lipinski definition) is 0. The van der Waals surface area contributed by atoms with Gasteiger partial charge >= 0.3 is 0 Å². The minimum absolute atomic E-state index is 0.0131. The van der Waals surface area contributed by atoms with E-state index in [1.807, 2.05) is 12.3 Å². The van der Waals surface area contributed by atoms with E-state index in [2.05, 4.69) is 17.1 Å². The Balaban J connectivity index is 1.55. The summed E-state index contributed by atoms with van der Waals surface area (Å²) in [7, 11) is 0. The molecule has 1 aliphatic carbocycles. The Bertz CT molecular complexity index is 372. The van der Waals surface area contributed by atoms with Gasteiger partial charge in [-0.05, 0) is 43.7 Å². The molecule has 104 valence electrons. The van der Waals surface area contributed by atoms with Gasteiger partial charge in [0.15, 0.2) is 6.29 Å². The Morgan fingerprint density at radius 3 is 2.89 bits per heavy atom. The summed E-state index contributed by atoms with van der Waals surface area (Å²) in [6.07, 6.45) is 9.30. The summed E-state index contributed by atoms with van der Waals surface area (Å²) in [5.41, 5.74) is 1.17. The van der Waals surface area contributed by atoms with Crippen LogP contribution < -0.4 is 0 Å². The van der Waals surface area contributed by atoms with E-state index in [0.717, 1.165) is 25.6 Å². The van der Waals surface area contributed by atoms with Crippen LogP contribution in [0.3, 0.4) is 0 Å². The van der Waals surface area contributed by atoms with Gasteiger partial charge in [-0.15, -0.1) is 0 Å². The van der Waals surface area contributed by atoms with Gasteiger partial charge in [-0.1, -0.05) is 18.9 Å². The molecule has 0 spiro atoms. The average molecular weight is 261 g/mol. The normalized spacial score (nSPS) is 25.2. The van der Waals surface area contributed by atoms with Crippen LogP contribution >= 0.6 is 0 Å². The van der Waals surface area contributed by atoms with Crippen molar-refractivity contribution in [1.29, 1.82) is 0 Å². The van der Waals surface area contributed by atoms with Crippen molar-refractivity contribution in [2.24, 2.45) is 5.92 Å². The van der Waals surface area contributed by atoms with Crippen molar-refractivity contribution in [3.05, 3.63) is 30.1 Å². The van der Waals surface area contributed by atoms with E-state index in [0.29, 0.717) is 5.92 Å². The first-order valence-corrected chi connectivity index (χ1v) is 7.56. The number of ether oxygens (including phenoxy) is 2. The van der Waals surface area contributed by atoms with Crippen molar-refractivity contribution in [1.82, 2.24) is 4.98 Å². The molecule has 0 bridgehead atoms. The summed E-state index contributed by atoms with van der Waals surface area (Å²) in [5, 5.41) is 0. The molecule has 0 aromatic carbocycles. The second-order valence-electron chi connectivity index (χ2n) is 5.76. The van der Waals surface area contributed by atoms with Gasteiger partial charge < -0.3 is 9.47 Å². The van der Waals surface area contributed by atoms with Gasteiger partial charge in [-0.25, -0.2) is 0 Å². The first-order chi connectivity index (χ1) is 9.42. The third kappa shape index (κ3) is 4.02. The van der Waals surface area contributed by atoms with Crippen molar-refractivity contribution in [3.63, 3.8) is 0 Å². The standard InChI is InChI=1S/C16H23NO2/c1-3-9-17-15(5-1)14(11-13-7-8-13)12-19-16-6-2-4-10-18-16/h1,3,5,9,13-14,16H,2,4,6-8,10-12H2. The van der Waals surface area contributed by atoms with Crippen LogP contribution in [0.5, 0.6) is 0 Å². The molecule has 2 unspecified atom stereocenters. The lowest BCUT2D eigenvalue weighted by Crippen LogP contribution is -2.25. The summed E-state index contributed by atoms with van der Waals surface area (Å²) in [5.74, 6) is 1.32. The van der Waals surface area contributed by atoms with E-state index >= 15 is 0 Å². The molecule has 1 aromatic rings.